The van der Waals surface area contributed by atoms with E-state index in [2.05, 4.69) is 5.32 Å². The van der Waals surface area contributed by atoms with Gasteiger partial charge in [-0.2, -0.15) is 0 Å². The Morgan fingerprint density at radius 3 is 2.71 bits per heavy atom. The largest absolute Gasteiger partial charge is 0.484 e. The summed E-state index contributed by atoms with van der Waals surface area (Å²) in [6, 6.07) is 7.88. The molecule has 0 spiro atoms. The molecule has 0 radical (unpaired) electrons. The maximum atomic E-state index is 13.1. The molecule has 0 aliphatic heterocycles. The minimum atomic E-state index is -0.566. The van der Waals surface area contributed by atoms with Gasteiger partial charge in [-0.25, -0.2) is 8.78 Å². The highest BCUT2D eigenvalue weighted by molar-refractivity contribution is 6.30. The number of aryl methyl sites for hydroxylation is 1. The van der Waals surface area contributed by atoms with Gasteiger partial charge in [-0.1, -0.05) is 17.7 Å². The van der Waals surface area contributed by atoms with Crippen LogP contribution in [0.2, 0.25) is 5.02 Å². The van der Waals surface area contributed by atoms with Gasteiger partial charge in [-0.15, -0.1) is 0 Å². The standard InChI is InChI=1S/C15H12ClF2NO2/c1-9-2-3-10(17)6-14(9)19-15(20)8-21-11-4-5-13(18)12(16)7-11/h2-7H,8H2,1H3,(H,19,20). The van der Waals surface area contributed by atoms with E-state index in [1.165, 1.54) is 24.3 Å². The lowest BCUT2D eigenvalue weighted by Gasteiger charge is -2.10. The fourth-order valence-electron chi connectivity index (χ4n) is 1.63. The molecule has 0 saturated heterocycles. The summed E-state index contributed by atoms with van der Waals surface area (Å²) in [5.41, 5.74) is 1.11. The van der Waals surface area contributed by atoms with E-state index in [-0.39, 0.29) is 17.4 Å². The summed E-state index contributed by atoms with van der Waals surface area (Å²) in [5.74, 6) is -1.19. The second-order valence-electron chi connectivity index (χ2n) is 4.37. The van der Waals surface area contributed by atoms with Crippen molar-refractivity contribution in [1.29, 1.82) is 0 Å². The number of carbonyl (C=O) groups excluding carboxylic acids is 1. The summed E-state index contributed by atoms with van der Waals surface area (Å²) in [4.78, 5) is 11.7. The van der Waals surface area contributed by atoms with Crippen molar-refractivity contribution in [3.05, 3.63) is 58.6 Å². The van der Waals surface area contributed by atoms with Crippen LogP contribution in [-0.2, 0) is 4.79 Å². The summed E-state index contributed by atoms with van der Waals surface area (Å²) in [6.45, 7) is 1.45. The predicted octanol–water partition coefficient (Wildman–Crippen LogP) is 3.94. The Balaban J connectivity index is 1.95. The summed E-state index contributed by atoms with van der Waals surface area (Å²) in [5, 5.41) is 2.45. The number of benzene rings is 2. The maximum absolute atomic E-state index is 13.1. The lowest BCUT2D eigenvalue weighted by Crippen LogP contribution is -2.20. The van der Waals surface area contributed by atoms with Crippen LogP contribution in [0, 0.1) is 18.6 Å². The van der Waals surface area contributed by atoms with Crippen LogP contribution >= 0.6 is 11.6 Å². The number of nitrogens with one attached hydrogen (secondary N) is 1. The van der Waals surface area contributed by atoms with Crippen LogP contribution in [0.3, 0.4) is 0 Å². The van der Waals surface area contributed by atoms with E-state index < -0.39 is 17.5 Å². The molecule has 0 aliphatic carbocycles. The van der Waals surface area contributed by atoms with Gasteiger partial charge < -0.3 is 10.1 Å². The van der Waals surface area contributed by atoms with Gasteiger partial charge in [-0.3, -0.25) is 4.79 Å². The molecule has 0 atom stereocenters. The van der Waals surface area contributed by atoms with Crippen LogP contribution in [0.25, 0.3) is 0 Å². The first-order chi connectivity index (χ1) is 9.95. The molecule has 3 nitrogen and oxygen atoms in total. The van der Waals surface area contributed by atoms with Gasteiger partial charge in [0.25, 0.3) is 5.91 Å². The van der Waals surface area contributed by atoms with Gasteiger partial charge in [0.05, 0.1) is 5.02 Å². The lowest BCUT2D eigenvalue weighted by molar-refractivity contribution is -0.118. The molecular formula is C15H12ClF2NO2. The van der Waals surface area contributed by atoms with Crippen LogP contribution < -0.4 is 10.1 Å². The molecule has 6 heteroatoms. The van der Waals surface area contributed by atoms with E-state index in [9.17, 15) is 13.6 Å². The molecule has 1 amide bonds. The van der Waals surface area contributed by atoms with Crippen LogP contribution in [0.4, 0.5) is 14.5 Å². The van der Waals surface area contributed by atoms with Crippen molar-refractivity contribution in [2.24, 2.45) is 0 Å². The van der Waals surface area contributed by atoms with Gasteiger partial charge in [0.1, 0.15) is 17.4 Å². The van der Waals surface area contributed by atoms with Crippen molar-refractivity contribution in [2.45, 2.75) is 6.92 Å². The second kappa shape index (κ2) is 6.54. The SMILES string of the molecule is Cc1ccc(F)cc1NC(=O)COc1ccc(F)c(Cl)c1. The first-order valence-electron chi connectivity index (χ1n) is 6.09. The molecule has 21 heavy (non-hydrogen) atoms. The van der Waals surface area contributed by atoms with E-state index >= 15 is 0 Å². The molecular weight excluding hydrogens is 300 g/mol. The zero-order valence-electron chi connectivity index (χ0n) is 11.1. The maximum Gasteiger partial charge on any atom is 0.262 e. The van der Waals surface area contributed by atoms with Gasteiger partial charge in [0.2, 0.25) is 0 Å². The minimum Gasteiger partial charge on any atom is -0.484 e. The number of anilines is 1. The third kappa shape index (κ3) is 4.16. The monoisotopic (exact) mass is 311 g/mol. The van der Waals surface area contributed by atoms with Crippen molar-refractivity contribution in [3.8, 4) is 5.75 Å². The number of carbonyl (C=O) groups is 1. The number of halogens is 3. The first-order valence-corrected chi connectivity index (χ1v) is 6.47. The van der Waals surface area contributed by atoms with Gasteiger partial charge >= 0.3 is 0 Å². The Hall–Kier alpha value is -2.14. The highest BCUT2D eigenvalue weighted by Crippen LogP contribution is 2.21. The highest BCUT2D eigenvalue weighted by Gasteiger charge is 2.08. The molecule has 0 unspecified atom stereocenters. The number of ether oxygens (including phenoxy) is 1. The van der Waals surface area contributed by atoms with E-state index in [0.29, 0.717) is 5.69 Å². The molecule has 0 heterocycles. The third-order valence-corrected chi connectivity index (χ3v) is 3.02. The Labute approximate surface area is 125 Å². The van der Waals surface area contributed by atoms with Crippen LogP contribution in [-0.4, -0.2) is 12.5 Å². The van der Waals surface area contributed by atoms with E-state index in [0.717, 1.165) is 11.6 Å². The van der Waals surface area contributed by atoms with Gasteiger partial charge in [0.15, 0.2) is 6.61 Å². The van der Waals surface area contributed by atoms with E-state index in [1.54, 1.807) is 13.0 Å². The zero-order valence-corrected chi connectivity index (χ0v) is 11.9. The zero-order chi connectivity index (χ0) is 15.4. The molecule has 2 aromatic carbocycles. The Morgan fingerprint density at radius 1 is 1.24 bits per heavy atom. The summed E-state index contributed by atoms with van der Waals surface area (Å²) < 4.78 is 31.3. The van der Waals surface area contributed by atoms with Crippen LogP contribution in [0.1, 0.15) is 5.56 Å². The smallest absolute Gasteiger partial charge is 0.262 e. The Kier molecular flexibility index (Phi) is 4.75. The summed E-state index contributed by atoms with van der Waals surface area (Å²) >= 11 is 5.60. The molecule has 0 aromatic heterocycles. The Morgan fingerprint density at radius 2 is 2.00 bits per heavy atom. The normalized spacial score (nSPS) is 10.3. The number of amides is 1. The average molecular weight is 312 g/mol. The lowest BCUT2D eigenvalue weighted by atomic mass is 10.2. The van der Waals surface area contributed by atoms with Crippen molar-refractivity contribution < 1.29 is 18.3 Å². The van der Waals surface area contributed by atoms with Gasteiger partial charge in [0, 0.05) is 11.8 Å². The Bertz CT molecular complexity index is 677. The quantitative estimate of drug-likeness (QED) is 0.928. The predicted molar refractivity (Wildman–Crippen MR) is 76.7 cm³/mol. The molecule has 0 aliphatic rings. The van der Waals surface area contributed by atoms with Crippen molar-refractivity contribution in [3.63, 3.8) is 0 Å². The molecule has 1 N–H and O–H groups in total. The molecule has 110 valence electrons. The molecule has 2 rings (SSSR count). The van der Waals surface area contributed by atoms with E-state index in [4.69, 9.17) is 16.3 Å². The number of rotatable bonds is 4. The number of hydrogen-bond acceptors (Lipinski definition) is 2. The summed E-state index contributed by atoms with van der Waals surface area (Å²) in [6.07, 6.45) is 0. The van der Waals surface area contributed by atoms with E-state index in [1.807, 2.05) is 0 Å². The highest BCUT2D eigenvalue weighted by atomic mass is 35.5. The van der Waals surface area contributed by atoms with Crippen molar-refractivity contribution in [1.82, 2.24) is 0 Å². The average Bonchev–Trinajstić information content (AvgIpc) is 2.44. The minimum absolute atomic E-state index is 0.0890. The fourth-order valence-corrected chi connectivity index (χ4v) is 1.80. The molecule has 0 saturated carbocycles. The molecule has 0 bridgehead atoms. The summed E-state index contributed by atoms with van der Waals surface area (Å²) in [7, 11) is 0. The van der Waals surface area contributed by atoms with Crippen LogP contribution in [0.15, 0.2) is 36.4 Å². The second-order valence-corrected chi connectivity index (χ2v) is 4.78. The third-order valence-electron chi connectivity index (χ3n) is 2.73. The van der Waals surface area contributed by atoms with Crippen LogP contribution in [0.5, 0.6) is 5.75 Å². The van der Waals surface area contributed by atoms with Crippen molar-refractivity contribution in [2.75, 3.05) is 11.9 Å². The topological polar surface area (TPSA) is 38.3 Å². The fraction of sp³-hybridized carbons (Fsp3) is 0.133. The van der Waals surface area contributed by atoms with Gasteiger partial charge in [-0.05, 0) is 36.8 Å². The number of hydrogen-bond donors (Lipinski definition) is 1. The van der Waals surface area contributed by atoms with Crippen molar-refractivity contribution >= 4 is 23.2 Å². The molecule has 2 aromatic rings. The first kappa shape index (κ1) is 15.3. The molecule has 0 fully saturated rings.